The Labute approximate surface area is 228 Å². The van der Waals surface area contributed by atoms with Gasteiger partial charge in [-0.25, -0.2) is 4.68 Å². The highest BCUT2D eigenvalue weighted by Gasteiger charge is 2.33. The minimum atomic E-state index is -0.333. The third kappa shape index (κ3) is 5.54. The average molecular weight is 519 g/mol. The second-order valence-electron chi connectivity index (χ2n) is 10.6. The fourth-order valence-electron chi connectivity index (χ4n) is 5.83. The SMILES string of the molecule is CCc1ccc2[nH]c(=O)c([C@@H](c3nnnn3Cc3ccccc3)N3CCC(Cc4ccccc4)CC3)cc2c1. The normalized spacial score (nSPS) is 15.5. The summed E-state index contributed by atoms with van der Waals surface area (Å²) in [5.41, 5.74) is 5.21. The van der Waals surface area contributed by atoms with Crippen LogP contribution in [0.1, 0.15) is 53.9 Å². The Morgan fingerprint density at radius 3 is 2.33 bits per heavy atom. The molecule has 0 unspecified atom stereocenters. The molecule has 1 fully saturated rings. The van der Waals surface area contributed by atoms with Gasteiger partial charge in [-0.2, -0.15) is 0 Å². The van der Waals surface area contributed by atoms with Crippen LogP contribution in [0.4, 0.5) is 0 Å². The zero-order valence-electron chi connectivity index (χ0n) is 22.3. The summed E-state index contributed by atoms with van der Waals surface area (Å²) in [6.07, 6.45) is 4.16. The number of rotatable bonds is 8. The van der Waals surface area contributed by atoms with Crippen molar-refractivity contribution in [3.63, 3.8) is 0 Å². The van der Waals surface area contributed by atoms with E-state index in [1.165, 1.54) is 11.1 Å². The van der Waals surface area contributed by atoms with Gasteiger partial charge in [0.2, 0.25) is 0 Å². The van der Waals surface area contributed by atoms with Gasteiger partial charge >= 0.3 is 0 Å². The van der Waals surface area contributed by atoms with Crippen LogP contribution in [0.5, 0.6) is 0 Å². The van der Waals surface area contributed by atoms with Crippen LogP contribution in [0.25, 0.3) is 10.9 Å². The zero-order valence-corrected chi connectivity index (χ0v) is 22.3. The monoisotopic (exact) mass is 518 g/mol. The molecule has 0 amide bonds. The van der Waals surface area contributed by atoms with Gasteiger partial charge in [0.1, 0.15) is 6.04 Å². The van der Waals surface area contributed by atoms with Crippen LogP contribution in [0, 0.1) is 5.92 Å². The largest absolute Gasteiger partial charge is 0.322 e. The number of fused-ring (bicyclic) bond motifs is 1. The predicted octanol–water partition coefficient (Wildman–Crippen LogP) is 5.17. The molecule has 7 heteroatoms. The van der Waals surface area contributed by atoms with Gasteiger partial charge in [0.05, 0.1) is 6.54 Å². The maximum Gasteiger partial charge on any atom is 0.253 e. The first-order chi connectivity index (χ1) is 19.2. The van der Waals surface area contributed by atoms with Crippen molar-refractivity contribution in [2.24, 2.45) is 5.92 Å². The molecule has 0 saturated carbocycles. The Bertz CT molecular complexity index is 1590. The number of piperidine rings is 1. The van der Waals surface area contributed by atoms with Crippen molar-refractivity contribution in [2.75, 3.05) is 13.1 Å². The van der Waals surface area contributed by atoms with Crippen LogP contribution in [0.3, 0.4) is 0 Å². The van der Waals surface area contributed by atoms with E-state index in [9.17, 15) is 4.79 Å². The molecule has 2 aromatic heterocycles. The summed E-state index contributed by atoms with van der Waals surface area (Å²) < 4.78 is 1.85. The summed E-state index contributed by atoms with van der Waals surface area (Å²) >= 11 is 0. The molecule has 1 aliphatic heterocycles. The van der Waals surface area contributed by atoms with Gasteiger partial charge in [-0.1, -0.05) is 73.7 Å². The van der Waals surface area contributed by atoms with E-state index in [0.717, 1.165) is 55.2 Å². The number of aryl methyl sites for hydroxylation is 1. The number of H-pyrrole nitrogens is 1. The van der Waals surface area contributed by atoms with Gasteiger partial charge < -0.3 is 4.98 Å². The summed E-state index contributed by atoms with van der Waals surface area (Å²) in [7, 11) is 0. The lowest BCUT2D eigenvalue weighted by molar-refractivity contribution is 0.143. The smallest absolute Gasteiger partial charge is 0.253 e. The van der Waals surface area contributed by atoms with Crippen molar-refractivity contribution in [3.05, 3.63) is 123 Å². The van der Waals surface area contributed by atoms with Gasteiger partial charge in [-0.3, -0.25) is 9.69 Å². The third-order valence-corrected chi connectivity index (χ3v) is 8.00. The standard InChI is InChI=1S/C32H34N6O/c1-2-23-13-14-29-27(20-23)21-28(32(39)33-29)30(31-34-35-36-38(31)22-26-11-7-4-8-12-26)37-17-15-25(16-18-37)19-24-9-5-3-6-10-24/h3-14,20-21,25,30H,2,15-19,22H2,1H3,(H,33,39)/t30-/m0/s1. The second kappa shape index (κ2) is 11.3. The molecular formula is C32H34N6O. The maximum absolute atomic E-state index is 13.6. The van der Waals surface area contributed by atoms with Crippen molar-refractivity contribution in [3.8, 4) is 0 Å². The summed E-state index contributed by atoms with van der Waals surface area (Å²) in [6, 6.07) is 28.9. The van der Waals surface area contributed by atoms with Crippen LogP contribution >= 0.6 is 0 Å². The first-order valence-corrected chi connectivity index (χ1v) is 13.9. The molecule has 6 rings (SSSR count). The van der Waals surface area contributed by atoms with Gasteiger partial charge in [-0.05, 0) is 95.4 Å². The molecule has 0 radical (unpaired) electrons. The highest BCUT2D eigenvalue weighted by molar-refractivity contribution is 5.80. The van der Waals surface area contributed by atoms with Crippen LogP contribution in [-0.4, -0.2) is 43.2 Å². The Morgan fingerprint density at radius 1 is 0.897 bits per heavy atom. The van der Waals surface area contributed by atoms with E-state index in [1.54, 1.807) is 0 Å². The Kier molecular flexibility index (Phi) is 7.32. The number of aromatic amines is 1. The number of pyridine rings is 1. The minimum absolute atomic E-state index is 0.0857. The highest BCUT2D eigenvalue weighted by Crippen LogP contribution is 2.32. The molecule has 0 bridgehead atoms. The highest BCUT2D eigenvalue weighted by atomic mass is 16.1. The number of nitrogens with one attached hydrogen (secondary N) is 1. The van der Waals surface area contributed by atoms with Crippen molar-refractivity contribution >= 4 is 10.9 Å². The summed E-state index contributed by atoms with van der Waals surface area (Å²) in [5.74, 6) is 1.32. The molecule has 1 aliphatic rings. The van der Waals surface area contributed by atoms with Gasteiger partial charge in [0, 0.05) is 11.1 Å². The molecule has 39 heavy (non-hydrogen) atoms. The quantitative estimate of drug-likeness (QED) is 0.307. The van der Waals surface area contributed by atoms with E-state index < -0.39 is 0 Å². The van der Waals surface area contributed by atoms with E-state index in [4.69, 9.17) is 0 Å². The number of nitrogens with zero attached hydrogens (tertiary/aromatic N) is 5. The number of hydrogen-bond donors (Lipinski definition) is 1. The molecule has 1 N–H and O–H groups in total. The van der Waals surface area contributed by atoms with E-state index in [1.807, 2.05) is 28.9 Å². The molecule has 3 aromatic carbocycles. The topological polar surface area (TPSA) is 79.7 Å². The van der Waals surface area contributed by atoms with Crippen molar-refractivity contribution in [1.82, 2.24) is 30.1 Å². The molecule has 1 atom stereocenters. The maximum atomic E-state index is 13.6. The number of benzene rings is 3. The summed E-state index contributed by atoms with van der Waals surface area (Å²) in [4.78, 5) is 19.1. The fraction of sp³-hybridized carbons (Fsp3) is 0.312. The van der Waals surface area contributed by atoms with Crippen LogP contribution in [0.15, 0.2) is 89.7 Å². The lowest BCUT2D eigenvalue weighted by Gasteiger charge is -2.37. The summed E-state index contributed by atoms with van der Waals surface area (Å²) in [6.45, 7) is 4.46. The lowest BCUT2D eigenvalue weighted by atomic mass is 9.89. The van der Waals surface area contributed by atoms with Crippen LogP contribution < -0.4 is 5.56 Å². The van der Waals surface area contributed by atoms with E-state index >= 15 is 0 Å². The first kappa shape index (κ1) is 25.2. The number of aromatic nitrogens is 5. The molecule has 0 spiro atoms. The lowest BCUT2D eigenvalue weighted by Crippen LogP contribution is -2.41. The van der Waals surface area contributed by atoms with Crippen molar-refractivity contribution < 1.29 is 0 Å². The van der Waals surface area contributed by atoms with E-state index in [0.29, 0.717) is 23.9 Å². The van der Waals surface area contributed by atoms with Gasteiger partial charge in [0.25, 0.3) is 5.56 Å². The number of tetrazole rings is 1. The number of likely N-dealkylation sites (tertiary alicyclic amines) is 1. The molecule has 7 nitrogen and oxygen atoms in total. The van der Waals surface area contributed by atoms with Crippen LogP contribution in [-0.2, 0) is 19.4 Å². The van der Waals surface area contributed by atoms with Crippen molar-refractivity contribution in [2.45, 2.75) is 45.2 Å². The van der Waals surface area contributed by atoms with Gasteiger partial charge in [0.15, 0.2) is 5.82 Å². The molecule has 0 aliphatic carbocycles. The summed E-state index contributed by atoms with van der Waals surface area (Å²) in [5, 5.41) is 14.0. The molecule has 3 heterocycles. The zero-order chi connectivity index (χ0) is 26.6. The number of hydrogen-bond acceptors (Lipinski definition) is 5. The Balaban J connectivity index is 1.36. The van der Waals surface area contributed by atoms with Crippen LogP contribution in [0.2, 0.25) is 0 Å². The Morgan fingerprint density at radius 2 is 1.62 bits per heavy atom. The minimum Gasteiger partial charge on any atom is -0.322 e. The average Bonchev–Trinajstić information content (AvgIpc) is 3.42. The van der Waals surface area contributed by atoms with E-state index in [-0.39, 0.29) is 11.6 Å². The molecule has 198 valence electrons. The fourth-order valence-corrected chi connectivity index (χ4v) is 5.83. The van der Waals surface area contributed by atoms with Crippen molar-refractivity contribution in [1.29, 1.82) is 0 Å². The Hall–Kier alpha value is -4.10. The molecular weight excluding hydrogens is 484 g/mol. The predicted molar refractivity (Wildman–Crippen MR) is 154 cm³/mol. The second-order valence-corrected chi connectivity index (χ2v) is 10.6. The molecule has 1 saturated heterocycles. The van der Waals surface area contributed by atoms with Gasteiger partial charge in [-0.15, -0.1) is 5.10 Å². The molecule has 5 aromatic rings. The first-order valence-electron chi connectivity index (χ1n) is 13.9. The van der Waals surface area contributed by atoms with E-state index in [2.05, 4.69) is 93.0 Å². The third-order valence-electron chi connectivity index (χ3n) is 8.00.